The fraction of sp³-hybridized carbons (Fsp3) is 0.304. The lowest BCUT2D eigenvalue weighted by Crippen LogP contribution is -2.41. The summed E-state index contributed by atoms with van der Waals surface area (Å²) in [4.78, 5) is 21.8. The van der Waals surface area contributed by atoms with Crippen molar-refractivity contribution in [2.24, 2.45) is 0 Å². The van der Waals surface area contributed by atoms with Gasteiger partial charge in [-0.25, -0.2) is 4.98 Å². The quantitative estimate of drug-likeness (QED) is 0.678. The van der Waals surface area contributed by atoms with Crippen LogP contribution in [0.1, 0.15) is 21.7 Å². The second kappa shape index (κ2) is 7.15. The van der Waals surface area contributed by atoms with Crippen LogP contribution in [0.3, 0.4) is 0 Å². The number of nitrogens with zero attached hydrogens (tertiary/aromatic N) is 3. The SMILES string of the molecule is Cc1nc(-c2ccc3c(c2)CCN3C(=O)CN2CCc3ccccc3C2)cs1. The van der Waals surface area contributed by atoms with E-state index in [2.05, 4.69) is 57.7 Å². The minimum atomic E-state index is 0.204. The molecule has 0 bridgehead atoms. The van der Waals surface area contributed by atoms with Crippen molar-refractivity contribution in [1.82, 2.24) is 9.88 Å². The molecule has 0 radical (unpaired) electrons. The molecule has 0 atom stereocenters. The van der Waals surface area contributed by atoms with Gasteiger partial charge in [0.2, 0.25) is 5.91 Å². The van der Waals surface area contributed by atoms with Crippen molar-refractivity contribution >= 4 is 22.9 Å². The number of amides is 1. The van der Waals surface area contributed by atoms with Gasteiger partial charge in [-0.15, -0.1) is 11.3 Å². The topological polar surface area (TPSA) is 36.4 Å². The smallest absolute Gasteiger partial charge is 0.241 e. The van der Waals surface area contributed by atoms with Gasteiger partial charge in [0.25, 0.3) is 0 Å². The van der Waals surface area contributed by atoms with Gasteiger partial charge in [0.05, 0.1) is 17.2 Å². The maximum absolute atomic E-state index is 13.0. The summed E-state index contributed by atoms with van der Waals surface area (Å²) in [5, 5.41) is 3.18. The van der Waals surface area contributed by atoms with Crippen LogP contribution < -0.4 is 4.90 Å². The van der Waals surface area contributed by atoms with E-state index in [1.807, 2.05) is 11.8 Å². The Bertz CT molecular complexity index is 1040. The number of thiazole rings is 1. The van der Waals surface area contributed by atoms with Gasteiger partial charge >= 0.3 is 0 Å². The third kappa shape index (κ3) is 3.25. The van der Waals surface area contributed by atoms with Crippen LogP contribution in [0, 0.1) is 6.92 Å². The summed E-state index contributed by atoms with van der Waals surface area (Å²) >= 11 is 1.67. The van der Waals surface area contributed by atoms with Crippen LogP contribution in [0.5, 0.6) is 0 Å². The highest BCUT2D eigenvalue weighted by Gasteiger charge is 2.27. The summed E-state index contributed by atoms with van der Waals surface area (Å²) in [6, 6.07) is 15.0. The first-order valence-electron chi connectivity index (χ1n) is 9.82. The second-order valence-electron chi connectivity index (χ2n) is 7.62. The average Bonchev–Trinajstić information content (AvgIpc) is 3.33. The number of anilines is 1. The van der Waals surface area contributed by atoms with Gasteiger partial charge in [-0.1, -0.05) is 30.3 Å². The van der Waals surface area contributed by atoms with E-state index < -0.39 is 0 Å². The molecule has 0 unspecified atom stereocenters. The molecule has 0 N–H and O–H groups in total. The van der Waals surface area contributed by atoms with Gasteiger partial charge in [0, 0.05) is 36.3 Å². The van der Waals surface area contributed by atoms with Gasteiger partial charge in [-0.05, 0) is 48.6 Å². The number of aromatic nitrogens is 1. The lowest BCUT2D eigenvalue weighted by Gasteiger charge is -2.29. The van der Waals surface area contributed by atoms with Crippen molar-refractivity contribution in [2.75, 3.05) is 24.5 Å². The minimum Gasteiger partial charge on any atom is -0.311 e. The van der Waals surface area contributed by atoms with E-state index >= 15 is 0 Å². The second-order valence-corrected chi connectivity index (χ2v) is 8.68. The van der Waals surface area contributed by atoms with E-state index in [0.29, 0.717) is 6.54 Å². The summed E-state index contributed by atoms with van der Waals surface area (Å²) in [5.74, 6) is 0.204. The number of hydrogen-bond acceptors (Lipinski definition) is 4. The van der Waals surface area contributed by atoms with Gasteiger partial charge in [0.15, 0.2) is 0 Å². The van der Waals surface area contributed by atoms with Crippen LogP contribution in [0.15, 0.2) is 47.8 Å². The Labute approximate surface area is 169 Å². The molecule has 1 amide bonds. The maximum Gasteiger partial charge on any atom is 0.241 e. The first kappa shape index (κ1) is 17.6. The third-order valence-electron chi connectivity index (χ3n) is 5.76. The standard InChI is InChI=1S/C23H23N3OS/c1-16-24-21(15-28-16)18-6-7-22-19(12-18)9-11-26(22)23(27)14-25-10-8-17-4-2-3-5-20(17)13-25/h2-7,12,15H,8-11,13-14H2,1H3. The molecule has 142 valence electrons. The van der Waals surface area contributed by atoms with Crippen LogP contribution >= 0.6 is 11.3 Å². The van der Waals surface area contributed by atoms with E-state index in [9.17, 15) is 4.79 Å². The molecule has 1 aromatic heterocycles. The molecule has 2 aliphatic heterocycles. The summed E-state index contributed by atoms with van der Waals surface area (Å²) in [6.45, 7) is 5.11. The van der Waals surface area contributed by atoms with E-state index in [1.54, 1.807) is 11.3 Å². The van der Waals surface area contributed by atoms with Crippen LogP contribution in [0.2, 0.25) is 0 Å². The third-order valence-corrected chi connectivity index (χ3v) is 6.53. The van der Waals surface area contributed by atoms with Gasteiger partial charge in [-0.2, -0.15) is 0 Å². The van der Waals surface area contributed by atoms with Crippen molar-refractivity contribution in [3.8, 4) is 11.3 Å². The van der Waals surface area contributed by atoms with E-state index in [1.165, 1.54) is 16.7 Å². The molecule has 0 spiro atoms. The molecule has 0 saturated heterocycles. The predicted molar refractivity (Wildman–Crippen MR) is 114 cm³/mol. The molecule has 5 rings (SSSR count). The maximum atomic E-state index is 13.0. The average molecular weight is 390 g/mol. The molecular formula is C23H23N3OS. The molecule has 2 aliphatic rings. The zero-order chi connectivity index (χ0) is 19.1. The molecule has 5 heteroatoms. The predicted octanol–water partition coefficient (Wildman–Crippen LogP) is 4.07. The number of carbonyl (C=O) groups excluding carboxylic acids is 1. The van der Waals surface area contributed by atoms with E-state index in [4.69, 9.17) is 0 Å². The Hall–Kier alpha value is -2.50. The summed E-state index contributed by atoms with van der Waals surface area (Å²) in [5.41, 5.74) is 7.26. The molecule has 3 heterocycles. The molecule has 0 aliphatic carbocycles. The first-order valence-corrected chi connectivity index (χ1v) is 10.7. The van der Waals surface area contributed by atoms with Gasteiger partial charge in [-0.3, -0.25) is 9.69 Å². The largest absolute Gasteiger partial charge is 0.311 e. The van der Waals surface area contributed by atoms with Crippen LogP contribution in [0.4, 0.5) is 5.69 Å². The molecule has 3 aromatic rings. The molecule has 0 fully saturated rings. The minimum absolute atomic E-state index is 0.204. The van der Waals surface area contributed by atoms with Crippen LogP contribution in [-0.2, 0) is 24.2 Å². The highest BCUT2D eigenvalue weighted by molar-refractivity contribution is 7.09. The number of benzene rings is 2. The van der Waals surface area contributed by atoms with Crippen molar-refractivity contribution in [3.63, 3.8) is 0 Å². The zero-order valence-electron chi connectivity index (χ0n) is 16.0. The number of fused-ring (bicyclic) bond motifs is 2. The number of aryl methyl sites for hydroxylation is 1. The van der Waals surface area contributed by atoms with Crippen molar-refractivity contribution in [3.05, 3.63) is 69.5 Å². The Morgan fingerprint density at radius 3 is 2.71 bits per heavy atom. The van der Waals surface area contributed by atoms with Gasteiger partial charge < -0.3 is 4.90 Å². The first-order chi connectivity index (χ1) is 13.7. The van der Waals surface area contributed by atoms with Crippen LogP contribution in [0.25, 0.3) is 11.3 Å². The fourth-order valence-corrected chi connectivity index (χ4v) is 4.90. The molecule has 2 aromatic carbocycles. The summed E-state index contributed by atoms with van der Waals surface area (Å²) in [7, 11) is 0. The van der Waals surface area contributed by atoms with Crippen molar-refractivity contribution < 1.29 is 4.79 Å². The zero-order valence-corrected chi connectivity index (χ0v) is 16.8. The number of rotatable bonds is 3. The Morgan fingerprint density at radius 1 is 1.07 bits per heavy atom. The molecule has 4 nitrogen and oxygen atoms in total. The van der Waals surface area contributed by atoms with Crippen molar-refractivity contribution in [2.45, 2.75) is 26.3 Å². The van der Waals surface area contributed by atoms with Gasteiger partial charge in [0.1, 0.15) is 0 Å². The highest BCUT2D eigenvalue weighted by Crippen LogP contribution is 2.33. The van der Waals surface area contributed by atoms with E-state index in [-0.39, 0.29) is 5.91 Å². The number of carbonyl (C=O) groups is 1. The lowest BCUT2D eigenvalue weighted by molar-refractivity contribution is -0.119. The Morgan fingerprint density at radius 2 is 1.89 bits per heavy atom. The van der Waals surface area contributed by atoms with Crippen LogP contribution in [-0.4, -0.2) is 35.4 Å². The van der Waals surface area contributed by atoms with Crippen molar-refractivity contribution in [1.29, 1.82) is 0 Å². The Kier molecular flexibility index (Phi) is 4.49. The molecular weight excluding hydrogens is 366 g/mol. The summed E-state index contributed by atoms with van der Waals surface area (Å²) in [6.07, 6.45) is 1.94. The normalized spacial score (nSPS) is 16.1. The molecule has 28 heavy (non-hydrogen) atoms. The Balaban J connectivity index is 1.30. The number of hydrogen-bond donors (Lipinski definition) is 0. The lowest BCUT2D eigenvalue weighted by atomic mass is 10.00. The summed E-state index contributed by atoms with van der Waals surface area (Å²) < 4.78 is 0. The van der Waals surface area contributed by atoms with E-state index in [0.717, 1.165) is 54.4 Å². The molecule has 0 saturated carbocycles. The fourth-order valence-electron chi connectivity index (χ4n) is 4.28. The highest BCUT2D eigenvalue weighted by atomic mass is 32.1. The monoisotopic (exact) mass is 389 g/mol.